The number of aliphatic imine (C=N–C) groups is 1. The van der Waals surface area contributed by atoms with E-state index in [1.807, 2.05) is 38.1 Å². The third-order valence-electron chi connectivity index (χ3n) is 3.19. The van der Waals surface area contributed by atoms with Crippen molar-refractivity contribution in [3.8, 4) is 0 Å². The van der Waals surface area contributed by atoms with Gasteiger partial charge in [-0.3, -0.25) is 4.99 Å². The molecule has 0 bridgehead atoms. The van der Waals surface area contributed by atoms with Crippen LogP contribution in [0.3, 0.4) is 0 Å². The summed E-state index contributed by atoms with van der Waals surface area (Å²) in [5.41, 5.74) is 2.44. The summed E-state index contributed by atoms with van der Waals surface area (Å²) in [6, 6.07) is 20.9. The Kier molecular flexibility index (Phi) is 4.35. The summed E-state index contributed by atoms with van der Waals surface area (Å²) in [6.07, 6.45) is 0. The number of hydrogen-bond acceptors (Lipinski definition) is 1. The molecule has 0 amide bonds. The van der Waals surface area contributed by atoms with Gasteiger partial charge >= 0.3 is 0 Å². The van der Waals surface area contributed by atoms with Crippen molar-refractivity contribution in [3.63, 3.8) is 0 Å². The molecule has 2 aromatic rings. The Morgan fingerprint density at radius 2 is 1.26 bits per heavy atom. The molecule has 0 aliphatic heterocycles. The zero-order chi connectivity index (χ0) is 13.7. The van der Waals surface area contributed by atoms with Crippen LogP contribution >= 0.6 is 0 Å². The molecule has 2 aromatic carbocycles. The first-order chi connectivity index (χ1) is 9.18. The average molecular weight is 252 g/mol. The van der Waals surface area contributed by atoms with Gasteiger partial charge in [-0.1, -0.05) is 60.7 Å². The van der Waals surface area contributed by atoms with Crippen LogP contribution < -0.4 is 0 Å². The number of hydrogen-bond donors (Lipinski definition) is 0. The molecular weight excluding hydrogens is 232 g/mol. The van der Waals surface area contributed by atoms with Gasteiger partial charge in [0, 0.05) is 14.1 Å². The van der Waals surface area contributed by atoms with Crippen LogP contribution in [0.5, 0.6) is 0 Å². The molecule has 19 heavy (non-hydrogen) atoms. The molecule has 2 heteroatoms. The topological polar surface area (TPSA) is 15.6 Å². The summed E-state index contributed by atoms with van der Waals surface area (Å²) >= 11 is 0. The van der Waals surface area contributed by atoms with Crippen molar-refractivity contribution in [1.29, 1.82) is 0 Å². The van der Waals surface area contributed by atoms with Crippen LogP contribution in [0.2, 0.25) is 0 Å². The monoisotopic (exact) mass is 252 g/mol. The molecular formula is C17H20N2. The van der Waals surface area contributed by atoms with Gasteiger partial charge in [-0.15, -0.1) is 0 Å². The standard InChI is InChI=1S/C17H20N2/c1-14(19(2)3)18-17(15-10-6-4-7-11-15)16-12-8-5-9-13-16/h4-13,17H,1-3H3. The van der Waals surface area contributed by atoms with Crippen molar-refractivity contribution >= 4 is 5.84 Å². The van der Waals surface area contributed by atoms with E-state index < -0.39 is 0 Å². The third kappa shape index (κ3) is 3.44. The van der Waals surface area contributed by atoms with E-state index >= 15 is 0 Å². The van der Waals surface area contributed by atoms with E-state index in [0.29, 0.717) is 0 Å². The second-order valence-corrected chi connectivity index (χ2v) is 4.79. The first kappa shape index (κ1) is 13.3. The smallest absolute Gasteiger partial charge is 0.102 e. The number of amidine groups is 1. The summed E-state index contributed by atoms with van der Waals surface area (Å²) in [5.74, 6) is 1.03. The normalized spacial score (nSPS) is 11.7. The van der Waals surface area contributed by atoms with Gasteiger partial charge < -0.3 is 4.90 Å². The van der Waals surface area contributed by atoms with Gasteiger partial charge in [-0.25, -0.2) is 0 Å². The predicted octanol–water partition coefficient (Wildman–Crippen LogP) is 3.76. The zero-order valence-corrected chi connectivity index (χ0v) is 11.7. The fourth-order valence-corrected chi connectivity index (χ4v) is 1.91. The van der Waals surface area contributed by atoms with Crippen LogP contribution in [-0.4, -0.2) is 24.8 Å². The van der Waals surface area contributed by atoms with Crippen LogP contribution in [0.15, 0.2) is 65.7 Å². The van der Waals surface area contributed by atoms with Gasteiger partial charge in [-0.2, -0.15) is 0 Å². The Balaban J connectivity index is 2.43. The Labute approximate surface area is 115 Å². The average Bonchev–Trinajstić information content (AvgIpc) is 2.46. The number of nitrogens with zero attached hydrogens (tertiary/aromatic N) is 2. The van der Waals surface area contributed by atoms with Crippen LogP contribution in [0.1, 0.15) is 24.1 Å². The molecule has 0 aliphatic carbocycles. The quantitative estimate of drug-likeness (QED) is 0.600. The molecule has 0 saturated carbocycles. The molecule has 98 valence electrons. The highest BCUT2D eigenvalue weighted by Crippen LogP contribution is 2.26. The van der Waals surface area contributed by atoms with E-state index in [-0.39, 0.29) is 6.04 Å². The van der Waals surface area contributed by atoms with Crippen molar-refractivity contribution in [3.05, 3.63) is 71.8 Å². The van der Waals surface area contributed by atoms with Crippen LogP contribution in [0.25, 0.3) is 0 Å². The molecule has 0 radical (unpaired) electrons. The van der Waals surface area contributed by atoms with Crippen LogP contribution in [0, 0.1) is 0 Å². The molecule has 2 nitrogen and oxygen atoms in total. The molecule has 2 rings (SSSR count). The Bertz CT molecular complexity index is 490. The Morgan fingerprint density at radius 3 is 1.63 bits per heavy atom. The second kappa shape index (κ2) is 6.19. The van der Waals surface area contributed by atoms with E-state index in [2.05, 4.69) is 48.5 Å². The molecule has 0 fully saturated rings. The van der Waals surface area contributed by atoms with Gasteiger partial charge in [0.15, 0.2) is 0 Å². The summed E-state index contributed by atoms with van der Waals surface area (Å²) < 4.78 is 0. The van der Waals surface area contributed by atoms with Crippen molar-refractivity contribution in [2.45, 2.75) is 13.0 Å². The highest BCUT2D eigenvalue weighted by molar-refractivity contribution is 5.79. The fraction of sp³-hybridized carbons (Fsp3) is 0.235. The molecule has 0 spiro atoms. The predicted molar refractivity (Wildman–Crippen MR) is 81.5 cm³/mol. The van der Waals surface area contributed by atoms with Gasteiger partial charge in [0.05, 0.1) is 5.84 Å². The molecule has 0 aromatic heterocycles. The molecule has 0 atom stereocenters. The summed E-state index contributed by atoms with van der Waals surface area (Å²) in [6.45, 7) is 2.04. The summed E-state index contributed by atoms with van der Waals surface area (Å²) in [7, 11) is 4.04. The van der Waals surface area contributed by atoms with Crippen molar-refractivity contribution in [2.24, 2.45) is 4.99 Å². The van der Waals surface area contributed by atoms with E-state index in [0.717, 1.165) is 5.84 Å². The van der Waals surface area contributed by atoms with E-state index in [4.69, 9.17) is 4.99 Å². The molecule has 0 unspecified atom stereocenters. The minimum Gasteiger partial charge on any atom is -0.367 e. The van der Waals surface area contributed by atoms with Gasteiger partial charge in [0.2, 0.25) is 0 Å². The molecule has 0 N–H and O–H groups in total. The van der Waals surface area contributed by atoms with Crippen molar-refractivity contribution in [1.82, 2.24) is 4.90 Å². The third-order valence-corrected chi connectivity index (χ3v) is 3.19. The Hall–Kier alpha value is -2.09. The SMILES string of the molecule is CC(=NC(c1ccccc1)c1ccccc1)N(C)C. The largest absolute Gasteiger partial charge is 0.367 e. The first-order valence-electron chi connectivity index (χ1n) is 6.50. The molecule has 0 heterocycles. The maximum absolute atomic E-state index is 4.86. The van der Waals surface area contributed by atoms with E-state index in [1.165, 1.54) is 11.1 Å². The zero-order valence-electron chi connectivity index (χ0n) is 11.7. The lowest BCUT2D eigenvalue weighted by atomic mass is 9.99. The fourth-order valence-electron chi connectivity index (χ4n) is 1.91. The lowest BCUT2D eigenvalue weighted by molar-refractivity contribution is 0.608. The van der Waals surface area contributed by atoms with Gasteiger partial charge in [0.25, 0.3) is 0 Å². The lowest BCUT2D eigenvalue weighted by Crippen LogP contribution is -2.19. The maximum atomic E-state index is 4.86. The highest BCUT2D eigenvalue weighted by Gasteiger charge is 2.12. The number of benzene rings is 2. The van der Waals surface area contributed by atoms with Crippen molar-refractivity contribution in [2.75, 3.05) is 14.1 Å². The van der Waals surface area contributed by atoms with Gasteiger partial charge in [0.1, 0.15) is 6.04 Å². The maximum Gasteiger partial charge on any atom is 0.102 e. The van der Waals surface area contributed by atoms with Gasteiger partial charge in [-0.05, 0) is 18.1 Å². The minimum absolute atomic E-state index is 0.0600. The number of rotatable bonds is 3. The first-order valence-corrected chi connectivity index (χ1v) is 6.50. The van der Waals surface area contributed by atoms with E-state index in [1.54, 1.807) is 0 Å². The van der Waals surface area contributed by atoms with Crippen LogP contribution in [0.4, 0.5) is 0 Å². The molecule has 0 aliphatic rings. The lowest BCUT2D eigenvalue weighted by Gasteiger charge is -2.18. The van der Waals surface area contributed by atoms with Crippen molar-refractivity contribution < 1.29 is 0 Å². The summed E-state index contributed by atoms with van der Waals surface area (Å²) in [5, 5.41) is 0. The Morgan fingerprint density at radius 1 is 0.842 bits per heavy atom. The van der Waals surface area contributed by atoms with E-state index in [9.17, 15) is 0 Å². The minimum atomic E-state index is 0.0600. The highest BCUT2D eigenvalue weighted by atomic mass is 15.1. The van der Waals surface area contributed by atoms with Crippen LogP contribution in [-0.2, 0) is 0 Å². The summed E-state index contributed by atoms with van der Waals surface area (Å²) in [4.78, 5) is 6.90. The molecule has 0 saturated heterocycles. The second-order valence-electron chi connectivity index (χ2n) is 4.79.